The molecule has 0 fully saturated rings. The Hall–Kier alpha value is -4.20. The molecule has 8 nitrogen and oxygen atoms in total. The maximum absolute atomic E-state index is 13.4. The summed E-state index contributed by atoms with van der Waals surface area (Å²) in [5.41, 5.74) is 3.54. The zero-order valence-corrected chi connectivity index (χ0v) is 17.2. The standard InChI is InChI=1S/C23H19N5O3/c1-12-18(20-25-19-15(22(29)26-20)10-7-11-16(19)31-3)23(30)28-21(24-12)17(13(2)27-28)14-8-5-4-6-9-14/h4-11,27H,1-3H3,(H,25,26,29). The third kappa shape index (κ3) is 2.83. The van der Waals surface area contributed by atoms with Gasteiger partial charge in [0.15, 0.2) is 5.65 Å². The van der Waals surface area contributed by atoms with Crippen LogP contribution in [0.5, 0.6) is 5.75 Å². The quantitative estimate of drug-likeness (QED) is 0.473. The van der Waals surface area contributed by atoms with Crippen LogP contribution in [0.25, 0.3) is 39.1 Å². The van der Waals surface area contributed by atoms with Gasteiger partial charge in [0.25, 0.3) is 11.1 Å². The van der Waals surface area contributed by atoms with Gasteiger partial charge in [0.05, 0.1) is 18.2 Å². The Morgan fingerprint density at radius 1 is 0.935 bits per heavy atom. The molecule has 0 unspecified atom stereocenters. The number of aromatic amines is 2. The summed E-state index contributed by atoms with van der Waals surface area (Å²) in [6.07, 6.45) is 0. The molecule has 0 radical (unpaired) electrons. The molecule has 154 valence electrons. The number of methoxy groups -OCH3 is 1. The van der Waals surface area contributed by atoms with Crippen LogP contribution in [0.15, 0.2) is 58.1 Å². The fourth-order valence-corrected chi connectivity index (χ4v) is 3.93. The van der Waals surface area contributed by atoms with Crippen LogP contribution in [0.4, 0.5) is 0 Å². The molecule has 31 heavy (non-hydrogen) atoms. The Bertz CT molecular complexity index is 1580. The number of ether oxygens (including phenoxy) is 1. The van der Waals surface area contributed by atoms with Crippen LogP contribution in [0.3, 0.4) is 0 Å². The molecule has 0 aliphatic rings. The molecule has 2 aromatic carbocycles. The van der Waals surface area contributed by atoms with Crippen LogP contribution in [-0.2, 0) is 0 Å². The minimum Gasteiger partial charge on any atom is -0.494 e. The zero-order chi connectivity index (χ0) is 21.7. The molecule has 0 saturated carbocycles. The van der Waals surface area contributed by atoms with Crippen LogP contribution in [0, 0.1) is 13.8 Å². The Morgan fingerprint density at radius 3 is 2.45 bits per heavy atom. The summed E-state index contributed by atoms with van der Waals surface area (Å²) < 4.78 is 6.75. The number of hydrogen-bond donors (Lipinski definition) is 2. The summed E-state index contributed by atoms with van der Waals surface area (Å²) in [6.45, 7) is 3.63. The van der Waals surface area contributed by atoms with Gasteiger partial charge in [-0.05, 0) is 31.5 Å². The highest BCUT2D eigenvalue weighted by molar-refractivity contribution is 5.85. The summed E-state index contributed by atoms with van der Waals surface area (Å²) in [4.78, 5) is 38.1. The predicted molar refractivity (Wildman–Crippen MR) is 119 cm³/mol. The summed E-state index contributed by atoms with van der Waals surface area (Å²) in [5, 5.41) is 3.49. The van der Waals surface area contributed by atoms with Gasteiger partial charge < -0.3 is 9.72 Å². The van der Waals surface area contributed by atoms with E-state index >= 15 is 0 Å². The molecule has 3 aromatic heterocycles. The lowest BCUT2D eigenvalue weighted by Gasteiger charge is -2.09. The van der Waals surface area contributed by atoms with Crippen molar-refractivity contribution in [3.63, 3.8) is 0 Å². The lowest BCUT2D eigenvalue weighted by molar-refractivity contribution is 0.419. The highest BCUT2D eigenvalue weighted by atomic mass is 16.5. The molecular weight excluding hydrogens is 394 g/mol. The van der Waals surface area contributed by atoms with Gasteiger partial charge in [0.1, 0.15) is 22.7 Å². The molecule has 5 aromatic rings. The van der Waals surface area contributed by atoms with Gasteiger partial charge >= 0.3 is 0 Å². The Kier molecular flexibility index (Phi) is 4.21. The molecule has 0 saturated heterocycles. The Labute approximate surface area is 176 Å². The minimum absolute atomic E-state index is 0.153. The van der Waals surface area contributed by atoms with Crippen molar-refractivity contribution in [2.24, 2.45) is 0 Å². The number of H-pyrrole nitrogens is 2. The first-order valence-electron chi connectivity index (χ1n) is 9.74. The summed E-state index contributed by atoms with van der Waals surface area (Å²) >= 11 is 0. The van der Waals surface area contributed by atoms with Crippen LogP contribution in [-0.4, -0.2) is 31.7 Å². The first-order valence-corrected chi connectivity index (χ1v) is 9.74. The highest BCUT2D eigenvalue weighted by Gasteiger charge is 2.21. The number of hydrogen-bond acceptors (Lipinski definition) is 5. The second-order valence-corrected chi connectivity index (χ2v) is 7.29. The van der Waals surface area contributed by atoms with E-state index in [0.717, 1.165) is 16.8 Å². The number of nitrogens with zero attached hydrogens (tertiary/aromatic N) is 3. The number of benzene rings is 2. The number of aryl methyl sites for hydroxylation is 2. The maximum Gasteiger partial charge on any atom is 0.283 e. The molecule has 0 bridgehead atoms. The molecule has 8 heteroatoms. The van der Waals surface area contributed by atoms with Crippen molar-refractivity contribution in [2.75, 3.05) is 7.11 Å². The number of aromatic nitrogens is 5. The molecule has 0 spiro atoms. The first-order chi connectivity index (χ1) is 15.0. The molecule has 0 atom stereocenters. The molecule has 0 amide bonds. The molecule has 0 aliphatic heterocycles. The molecule has 0 aliphatic carbocycles. The maximum atomic E-state index is 13.4. The first kappa shape index (κ1) is 18.8. The molecule has 2 N–H and O–H groups in total. The van der Waals surface area contributed by atoms with Gasteiger partial charge in [-0.2, -0.15) is 0 Å². The van der Waals surface area contributed by atoms with E-state index in [4.69, 9.17) is 9.72 Å². The van der Waals surface area contributed by atoms with E-state index < -0.39 is 0 Å². The highest BCUT2D eigenvalue weighted by Crippen LogP contribution is 2.28. The van der Waals surface area contributed by atoms with E-state index in [1.165, 1.54) is 11.6 Å². The second-order valence-electron chi connectivity index (χ2n) is 7.29. The molecular formula is C23H19N5O3. The van der Waals surface area contributed by atoms with Crippen molar-refractivity contribution in [1.82, 2.24) is 24.6 Å². The van der Waals surface area contributed by atoms with E-state index in [0.29, 0.717) is 28.0 Å². The van der Waals surface area contributed by atoms with Crippen LogP contribution in [0.1, 0.15) is 11.4 Å². The van der Waals surface area contributed by atoms with Crippen molar-refractivity contribution < 1.29 is 4.74 Å². The third-order valence-electron chi connectivity index (χ3n) is 5.36. The number of fused-ring (bicyclic) bond motifs is 2. The zero-order valence-electron chi connectivity index (χ0n) is 17.2. The average Bonchev–Trinajstić information content (AvgIpc) is 3.10. The van der Waals surface area contributed by atoms with Crippen molar-refractivity contribution in [3.05, 3.63) is 80.6 Å². The lowest BCUT2D eigenvalue weighted by atomic mass is 10.1. The SMILES string of the molecule is COc1cccc2c(=O)[nH]c(-c3c(C)nc4c(-c5ccccc5)c(C)[nH]n4c3=O)nc12. The van der Waals surface area contributed by atoms with Gasteiger partial charge in [0.2, 0.25) is 0 Å². The van der Waals surface area contributed by atoms with Crippen LogP contribution < -0.4 is 15.9 Å². The van der Waals surface area contributed by atoms with Gasteiger partial charge in [0, 0.05) is 11.3 Å². The molecule has 5 rings (SSSR count). The summed E-state index contributed by atoms with van der Waals surface area (Å²) in [7, 11) is 1.51. The topological polar surface area (TPSA) is 105 Å². The summed E-state index contributed by atoms with van der Waals surface area (Å²) in [5.74, 6) is 0.610. The Balaban J connectivity index is 1.82. The van der Waals surface area contributed by atoms with Gasteiger partial charge in [-0.25, -0.2) is 14.5 Å². The largest absolute Gasteiger partial charge is 0.494 e. The second kappa shape index (κ2) is 6.94. The van der Waals surface area contributed by atoms with E-state index in [-0.39, 0.29) is 22.5 Å². The van der Waals surface area contributed by atoms with Crippen LogP contribution >= 0.6 is 0 Å². The average molecular weight is 413 g/mol. The van der Waals surface area contributed by atoms with Gasteiger partial charge in [-0.3, -0.25) is 14.7 Å². The Morgan fingerprint density at radius 2 is 1.71 bits per heavy atom. The fraction of sp³-hybridized carbons (Fsp3) is 0.130. The van der Waals surface area contributed by atoms with E-state index in [9.17, 15) is 9.59 Å². The minimum atomic E-state index is -0.351. The van der Waals surface area contributed by atoms with Crippen LogP contribution in [0.2, 0.25) is 0 Å². The van der Waals surface area contributed by atoms with Crippen molar-refractivity contribution in [2.45, 2.75) is 13.8 Å². The van der Waals surface area contributed by atoms with Crippen molar-refractivity contribution in [1.29, 1.82) is 0 Å². The van der Waals surface area contributed by atoms with Crippen molar-refractivity contribution >= 4 is 16.6 Å². The smallest absolute Gasteiger partial charge is 0.283 e. The number of nitrogens with one attached hydrogen (secondary N) is 2. The van der Waals surface area contributed by atoms with E-state index in [2.05, 4.69) is 15.1 Å². The van der Waals surface area contributed by atoms with E-state index in [1.807, 2.05) is 37.3 Å². The van der Waals surface area contributed by atoms with Gasteiger partial charge in [-0.15, -0.1) is 0 Å². The van der Waals surface area contributed by atoms with Gasteiger partial charge in [-0.1, -0.05) is 36.4 Å². The molecule has 3 heterocycles. The third-order valence-corrected chi connectivity index (χ3v) is 5.36. The fourth-order valence-electron chi connectivity index (χ4n) is 3.93. The number of para-hydroxylation sites is 1. The lowest BCUT2D eigenvalue weighted by Crippen LogP contribution is -2.22. The van der Waals surface area contributed by atoms with E-state index in [1.54, 1.807) is 25.1 Å². The predicted octanol–water partition coefficient (Wildman–Crippen LogP) is 3.22. The normalized spacial score (nSPS) is 11.3. The monoisotopic (exact) mass is 413 g/mol. The summed E-state index contributed by atoms with van der Waals surface area (Å²) in [6, 6.07) is 14.9. The number of rotatable bonds is 3. The van der Waals surface area contributed by atoms with Crippen molar-refractivity contribution in [3.8, 4) is 28.3 Å².